The normalized spacial score (nSPS) is 41.5. The molecular formula is C29H49NO4. The molecule has 34 heavy (non-hydrogen) atoms. The first-order valence-corrected chi connectivity index (χ1v) is 14.4. The molecule has 5 heteroatoms. The molecule has 0 unspecified atom stereocenters. The van der Waals surface area contributed by atoms with Crippen molar-refractivity contribution in [3.8, 4) is 0 Å². The van der Waals surface area contributed by atoms with Gasteiger partial charge in [-0.2, -0.15) is 0 Å². The van der Waals surface area contributed by atoms with Crippen molar-refractivity contribution in [1.29, 1.82) is 0 Å². The fourth-order valence-electron chi connectivity index (χ4n) is 9.00. The van der Waals surface area contributed by atoms with Gasteiger partial charge in [-0.25, -0.2) is 0 Å². The maximum Gasteiger partial charge on any atom is 0.220 e. The Hall–Kier alpha value is -0.940. The number of nitrogens with one attached hydrogen (secondary N) is 1. The van der Waals surface area contributed by atoms with Crippen LogP contribution in [0.4, 0.5) is 0 Å². The summed E-state index contributed by atoms with van der Waals surface area (Å²) in [5.74, 6) is 3.90. The lowest BCUT2D eigenvalue weighted by Gasteiger charge is -2.62. The molecule has 4 aliphatic rings. The Morgan fingerprint density at radius 1 is 1.00 bits per heavy atom. The smallest absolute Gasteiger partial charge is 0.220 e. The van der Waals surface area contributed by atoms with Gasteiger partial charge in [0.25, 0.3) is 0 Å². The van der Waals surface area contributed by atoms with Gasteiger partial charge in [-0.15, -0.1) is 0 Å². The maximum absolute atomic E-state index is 12.4. The van der Waals surface area contributed by atoms with Crippen LogP contribution in [0.25, 0.3) is 0 Å². The predicted molar refractivity (Wildman–Crippen MR) is 134 cm³/mol. The van der Waals surface area contributed by atoms with Crippen molar-refractivity contribution in [2.45, 2.75) is 116 Å². The highest BCUT2D eigenvalue weighted by Gasteiger charge is 2.62. The van der Waals surface area contributed by atoms with Crippen LogP contribution in [0.1, 0.15) is 110 Å². The molecule has 5 nitrogen and oxygen atoms in total. The molecule has 4 aliphatic carbocycles. The summed E-state index contributed by atoms with van der Waals surface area (Å²) in [6.45, 7) is 5.24. The number of hydrogen-bond acceptors (Lipinski definition) is 4. The van der Waals surface area contributed by atoms with E-state index in [0.717, 1.165) is 56.8 Å². The molecule has 8 atom stereocenters. The Kier molecular flexibility index (Phi) is 8.44. The van der Waals surface area contributed by atoms with Gasteiger partial charge in [0.05, 0.1) is 12.7 Å². The number of ketones is 1. The lowest BCUT2D eigenvalue weighted by molar-refractivity contribution is -0.156. The molecule has 0 aromatic carbocycles. The van der Waals surface area contributed by atoms with E-state index >= 15 is 0 Å². The van der Waals surface area contributed by atoms with Gasteiger partial charge in [0, 0.05) is 25.8 Å². The lowest BCUT2D eigenvalue weighted by atomic mass is 9.42. The number of Topliss-reactive ketones (excluding diaryl/α,β-unsaturated/α-hetero) is 1. The summed E-state index contributed by atoms with van der Waals surface area (Å²) in [5, 5.41) is 22.4. The number of rotatable bonds is 10. The number of fused-ring (bicyclic) bond motifs is 5. The third-order valence-corrected chi connectivity index (χ3v) is 11.0. The zero-order chi connectivity index (χ0) is 24.3. The number of aliphatic hydroxyl groups excluding tert-OH is 2. The van der Waals surface area contributed by atoms with E-state index in [9.17, 15) is 14.7 Å². The monoisotopic (exact) mass is 475 g/mol. The zero-order valence-electron chi connectivity index (χ0n) is 21.7. The van der Waals surface area contributed by atoms with Gasteiger partial charge in [0.15, 0.2) is 0 Å². The summed E-state index contributed by atoms with van der Waals surface area (Å²) in [6.07, 6.45) is 15.8. The molecule has 1 amide bonds. The highest BCUT2D eigenvalue weighted by atomic mass is 16.3. The maximum atomic E-state index is 12.4. The van der Waals surface area contributed by atoms with E-state index in [1.165, 1.54) is 44.9 Å². The first-order chi connectivity index (χ1) is 16.3. The van der Waals surface area contributed by atoms with Crippen LogP contribution in [0.5, 0.6) is 0 Å². The second kappa shape index (κ2) is 11.0. The minimum absolute atomic E-state index is 0.00188. The van der Waals surface area contributed by atoms with Gasteiger partial charge >= 0.3 is 0 Å². The van der Waals surface area contributed by atoms with Crippen molar-refractivity contribution in [2.24, 2.45) is 40.4 Å². The zero-order valence-corrected chi connectivity index (χ0v) is 21.7. The van der Waals surface area contributed by atoms with Crippen LogP contribution >= 0.6 is 0 Å². The first-order valence-electron chi connectivity index (χ1n) is 14.4. The quantitative estimate of drug-likeness (QED) is 0.387. The number of unbranched alkanes of at least 4 members (excludes halogenated alkanes) is 4. The number of hydrogen-bond donors (Lipinski definition) is 3. The third kappa shape index (κ3) is 5.12. The summed E-state index contributed by atoms with van der Waals surface area (Å²) in [6, 6.07) is 0. The molecule has 0 heterocycles. The minimum Gasteiger partial charge on any atom is -0.395 e. The molecule has 4 fully saturated rings. The topological polar surface area (TPSA) is 86.6 Å². The Balaban J connectivity index is 1.34. The van der Waals surface area contributed by atoms with Crippen LogP contribution in [0.15, 0.2) is 0 Å². The summed E-state index contributed by atoms with van der Waals surface area (Å²) in [4.78, 5) is 24.1. The Labute approximate surface area is 206 Å². The van der Waals surface area contributed by atoms with E-state index in [-0.39, 0.29) is 24.0 Å². The Bertz CT molecular complexity index is 725. The summed E-state index contributed by atoms with van der Waals surface area (Å²) >= 11 is 0. The molecule has 0 spiro atoms. The summed E-state index contributed by atoms with van der Waals surface area (Å²) < 4.78 is 0. The van der Waals surface area contributed by atoms with E-state index < -0.39 is 0 Å². The molecule has 0 aliphatic heterocycles. The molecule has 4 saturated carbocycles. The molecule has 0 aromatic rings. The van der Waals surface area contributed by atoms with Crippen LogP contribution in [0.2, 0.25) is 0 Å². The minimum atomic E-state index is -0.132. The van der Waals surface area contributed by atoms with E-state index in [4.69, 9.17) is 5.11 Å². The van der Waals surface area contributed by atoms with Gasteiger partial charge in [0.1, 0.15) is 5.78 Å². The fourth-order valence-corrected chi connectivity index (χ4v) is 9.00. The fraction of sp³-hybridized carbons (Fsp3) is 0.931. The molecule has 3 N–H and O–H groups in total. The number of carbonyl (C=O) groups is 2. The number of amides is 1. The molecule has 194 valence electrons. The van der Waals surface area contributed by atoms with Crippen LogP contribution in [-0.2, 0) is 9.59 Å². The van der Waals surface area contributed by atoms with Crippen molar-refractivity contribution in [3.05, 3.63) is 0 Å². The molecular weight excluding hydrogens is 426 g/mol. The third-order valence-electron chi connectivity index (χ3n) is 11.0. The van der Waals surface area contributed by atoms with Crippen LogP contribution < -0.4 is 5.32 Å². The van der Waals surface area contributed by atoms with Crippen LogP contribution in [-0.4, -0.2) is 41.2 Å². The van der Waals surface area contributed by atoms with Crippen LogP contribution in [0.3, 0.4) is 0 Å². The van der Waals surface area contributed by atoms with E-state index in [1.54, 1.807) is 0 Å². The average Bonchev–Trinajstić information content (AvgIpc) is 3.12. The van der Waals surface area contributed by atoms with Crippen molar-refractivity contribution in [1.82, 2.24) is 5.32 Å². The number of aliphatic hydroxyl groups is 2. The SMILES string of the molecule is C[C@]12CCC(=O)C[C@@H]1C[C@@H](CCCCCCCC(=O)NCCO)[C@@H]1[C@@H]2CC[C@]2(C)[C@@H](O)CC[C@@H]12. The summed E-state index contributed by atoms with van der Waals surface area (Å²) in [7, 11) is 0. The van der Waals surface area contributed by atoms with Crippen molar-refractivity contribution in [3.63, 3.8) is 0 Å². The Morgan fingerprint density at radius 3 is 2.53 bits per heavy atom. The number of carbonyl (C=O) groups excluding carboxylic acids is 2. The van der Waals surface area contributed by atoms with Crippen molar-refractivity contribution in [2.75, 3.05) is 13.2 Å². The van der Waals surface area contributed by atoms with Gasteiger partial charge in [-0.3, -0.25) is 9.59 Å². The highest BCUT2D eigenvalue weighted by molar-refractivity contribution is 5.79. The van der Waals surface area contributed by atoms with Gasteiger partial charge in [0.2, 0.25) is 5.91 Å². The second-order valence-corrected chi connectivity index (χ2v) is 12.7. The molecule has 0 saturated heterocycles. The van der Waals surface area contributed by atoms with E-state index in [0.29, 0.717) is 41.9 Å². The van der Waals surface area contributed by atoms with E-state index in [1.807, 2.05) is 0 Å². The molecule has 4 rings (SSSR count). The van der Waals surface area contributed by atoms with Gasteiger partial charge in [-0.05, 0) is 85.4 Å². The standard InChI is InChI=1S/C29H49NO4/c1-28-14-12-22(32)19-21(28)18-20(8-6-4-3-5-7-9-26(34)30-16-17-31)27-23-10-11-25(33)29(23,2)15-13-24(27)28/h20-21,23-25,27,31,33H,3-19H2,1-2H3,(H,30,34)/t20-,21+,23+,24+,25+,27+,28+,29+/m1/s1. The second-order valence-electron chi connectivity index (χ2n) is 12.7. The largest absolute Gasteiger partial charge is 0.395 e. The van der Waals surface area contributed by atoms with Gasteiger partial charge < -0.3 is 15.5 Å². The first kappa shape index (κ1) is 26.1. The van der Waals surface area contributed by atoms with E-state index in [2.05, 4.69) is 19.2 Å². The van der Waals surface area contributed by atoms with Gasteiger partial charge in [-0.1, -0.05) is 46.0 Å². The Morgan fingerprint density at radius 2 is 1.74 bits per heavy atom. The highest BCUT2D eigenvalue weighted by Crippen LogP contribution is 2.67. The average molecular weight is 476 g/mol. The molecule has 0 aromatic heterocycles. The van der Waals surface area contributed by atoms with Crippen molar-refractivity contribution < 1.29 is 19.8 Å². The van der Waals surface area contributed by atoms with Crippen molar-refractivity contribution >= 4 is 11.7 Å². The lowest BCUT2D eigenvalue weighted by Crippen LogP contribution is -2.57. The molecule has 0 bridgehead atoms. The van der Waals surface area contributed by atoms with Crippen LogP contribution in [0, 0.1) is 40.4 Å². The molecule has 0 radical (unpaired) electrons. The predicted octanol–water partition coefficient (Wildman–Crippen LogP) is 5.02. The summed E-state index contributed by atoms with van der Waals surface area (Å²) in [5.41, 5.74) is 0.421.